The molecule has 5 heteroatoms. The summed E-state index contributed by atoms with van der Waals surface area (Å²) in [7, 11) is 0. The monoisotopic (exact) mass is 250 g/mol. The van der Waals surface area contributed by atoms with Crippen LogP contribution in [0.4, 0.5) is 5.82 Å². The van der Waals surface area contributed by atoms with E-state index in [0.29, 0.717) is 5.92 Å². The van der Waals surface area contributed by atoms with Crippen molar-refractivity contribution in [3.63, 3.8) is 0 Å². The van der Waals surface area contributed by atoms with E-state index in [1.165, 1.54) is 0 Å². The summed E-state index contributed by atoms with van der Waals surface area (Å²) in [6.45, 7) is 7.51. The van der Waals surface area contributed by atoms with Gasteiger partial charge in [-0.25, -0.2) is 4.98 Å². The van der Waals surface area contributed by atoms with Crippen molar-refractivity contribution < 1.29 is 5.11 Å². The number of likely N-dealkylation sites (tertiary alicyclic amines) is 1. The van der Waals surface area contributed by atoms with Gasteiger partial charge in [0.05, 0.1) is 24.2 Å². The second kappa shape index (κ2) is 6.11. The summed E-state index contributed by atoms with van der Waals surface area (Å²) in [5.41, 5.74) is 0.957. The largest absolute Gasteiger partial charge is 0.392 e. The van der Waals surface area contributed by atoms with E-state index in [0.717, 1.165) is 44.1 Å². The van der Waals surface area contributed by atoms with Gasteiger partial charge in [0.15, 0.2) is 0 Å². The maximum atomic E-state index is 9.85. The minimum atomic E-state index is -0.215. The van der Waals surface area contributed by atoms with Crippen LogP contribution in [0.2, 0.25) is 0 Å². The molecule has 1 fully saturated rings. The minimum absolute atomic E-state index is 0.215. The summed E-state index contributed by atoms with van der Waals surface area (Å²) in [6, 6.07) is 0. The van der Waals surface area contributed by atoms with Gasteiger partial charge >= 0.3 is 0 Å². The highest BCUT2D eigenvalue weighted by atomic mass is 16.3. The van der Waals surface area contributed by atoms with Gasteiger partial charge in [-0.05, 0) is 25.8 Å². The van der Waals surface area contributed by atoms with Crippen LogP contribution in [0.15, 0.2) is 12.4 Å². The van der Waals surface area contributed by atoms with Gasteiger partial charge in [0.25, 0.3) is 0 Å². The molecule has 18 heavy (non-hydrogen) atoms. The van der Waals surface area contributed by atoms with Crippen LogP contribution in [0.1, 0.15) is 26.0 Å². The molecule has 2 N–H and O–H groups in total. The van der Waals surface area contributed by atoms with Crippen LogP contribution in [0.3, 0.4) is 0 Å². The Morgan fingerprint density at radius 1 is 1.44 bits per heavy atom. The first-order chi connectivity index (χ1) is 8.69. The maximum Gasteiger partial charge on any atom is 0.144 e. The number of β-amino-alcohol motifs (C(OH)–C–C–N with tert-alkyl or cyclic N) is 1. The van der Waals surface area contributed by atoms with Gasteiger partial charge < -0.3 is 10.4 Å². The third kappa shape index (κ3) is 3.40. The highest BCUT2D eigenvalue weighted by Gasteiger charge is 2.24. The molecular weight excluding hydrogens is 228 g/mol. The lowest BCUT2D eigenvalue weighted by atomic mass is 9.96. The van der Waals surface area contributed by atoms with Gasteiger partial charge in [0.1, 0.15) is 5.82 Å². The molecule has 1 aliphatic heterocycles. The molecule has 1 aliphatic rings. The lowest BCUT2D eigenvalue weighted by Gasteiger charge is -2.33. The highest BCUT2D eigenvalue weighted by Crippen LogP contribution is 2.18. The fourth-order valence-electron chi connectivity index (χ4n) is 2.20. The van der Waals surface area contributed by atoms with Crippen LogP contribution in [0, 0.1) is 5.92 Å². The van der Waals surface area contributed by atoms with E-state index in [9.17, 15) is 5.11 Å². The zero-order valence-corrected chi connectivity index (χ0v) is 11.1. The van der Waals surface area contributed by atoms with Crippen LogP contribution in [0.25, 0.3) is 0 Å². The first kappa shape index (κ1) is 13.2. The van der Waals surface area contributed by atoms with E-state index in [2.05, 4.69) is 27.1 Å². The van der Waals surface area contributed by atoms with Crippen LogP contribution in [-0.4, -0.2) is 45.7 Å². The zero-order valence-electron chi connectivity index (χ0n) is 11.1. The van der Waals surface area contributed by atoms with Crippen LogP contribution >= 0.6 is 0 Å². The Morgan fingerprint density at radius 2 is 2.28 bits per heavy atom. The van der Waals surface area contributed by atoms with Crippen molar-refractivity contribution in [2.45, 2.75) is 32.9 Å². The number of aromatic nitrogens is 2. The summed E-state index contributed by atoms with van der Waals surface area (Å²) in [5, 5.41) is 13.0. The van der Waals surface area contributed by atoms with Crippen molar-refractivity contribution in [1.29, 1.82) is 0 Å². The van der Waals surface area contributed by atoms with E-state index >= 15 is 0 Å². The summed E-state index contributed by atoms with van der Waals surface area (Å²) in [4.78, 5) is 10.9. The molecule has 5 nitrogen and oxygen atoms in total. The molecule has 0 spiro atoms. The average Bonchev–Trinajstić information content (AvgIpc) is 2.37. The van der Waals surface area contributed by atoms with E-state index in [1.807, 2.05) is 13.1 Å². The van der Waals surface area contributed by atoms with Gasteiger partial charge in [-0.2, -0.15) is 0 Å². The first-order valence-corrected chi connectivity index (χ1v) is 6.64. The fraction of sp³-hybridized carbons (Fsp3) is 0.692. The van der Waals surface area contributed by atoms with Crippen LogP contribution < -0.4 is 5.32 Å². The van der Waals surface area contributed by atoms with Gasteiger partial charge in [-0.1, -0.05) is 6.92 Å². The molecule has 2 atom stereocenters. The summed E-state index contributed by atoms with van der Waals surface area (Å²) in [5.74, 6) is 1.22. The van der Waals surface area contributed by atoms with Crippen molar-refractivity contribution >= 4 is 5.82 Å². The lowest BCUT2D eigenvalue weighted by molar-refractivity contribution is 0.0254. The molecule has 0 amide bonds. The van der Waals surface area contributed by atoms with E-state index in [-0.39, 0.29) is 6.10 Å². The summed E-state index contributed by atoms with van der Waals surface area (Å²) < 4.78 is 0. The SMILES string of the molecule is CCNc1cnc(CN2CCC(C)C(O)C2)cn1. The summed E-state index contributed by atoms with van der Waals surface area (Å²) >= 11 is 0. The standard InChI is InChI=1S/C13H22N4O/c1-3-14-13-7-15-11(6-16-13)8-17-5-4-10(2)12(18)9-17/h6-7,10,12,18H,3-5,8-9H2,1-2H3,(H,14,16). The second-order valence-corrected chi connectivity index (χ2v) is 4.99. The fourth-order valence-corrected chi connectivity index (χ4v) is 2.20. The Hall–Kier alpha value is -1.20. The van der Waals surface area contributed by atoms with Gasteiger partial charge in [0.2, 0.25) is 0 Å². The number of aliphatic hydroxyl groups excluding tert-OH is 1. The predicted octanol–water partition coefficient (Wildman–Crippen LogP) is 1.11. The molecule has 0 saturated carbocycles. The Labute approximate surface area is 108 Å². The number of nitrogens with one attached hydrogen (secondary N) is 1. The highest BCUT2D eigenvalue weighted by molar-refractivity contribution is 5.30. The van der Waals surface area contributed by atoms with E-state index in [4.69, 9.17) is 0 Å². The van der Waals surface area contributed by atoms with Gasteiger partial charge in [0, 0.05) is 19.6 Å². The first-order valence-electron chi connectivity index (χ1n) is 6.64. The molecule has 0 radical (unpaired) electrons. The molecule has 1 aromatic heterocycles. The molecular formula is C13H22N4O. The number of piperidine rings is 1. The molecule has 1 aromatic rings. The molecule has 0 aliphatic carbocycles. The average molecular weight is 250 g/mol. The predicted molar refractivity (Wildman–Crippen MR) is 71.3 cm³/mol. The molecule has 100 valence electrons. The minimum Gasteiger partial charge on any atom is -0.392 e. The van der Waals surface area contributed by atoms with Crippen molar-refractivity contribution in [3.8, 4) is 0 Å². The summed E-state index contributed by atoms with van der Waals surface area (Å²) in [6.07, 6.45) is 4.40. The molecule has 1 saturated heterocycles. The quantitative estimate of drug-likeness (QED) is 0.838. The number of hydrogen-bond donors (Lipinski definition) is 2. The molecule has 2 unspecified atom stereocenters. The maximum absolute atomic E-state index is 9.85. The number of anilines is 1. The Morgan fingerprint density at radius 3 is 2.89 bits per heavy atom. The van der Waals surface area contributed by atoms with Crippen molar-refractivity contribution in [2.24, 2.45) is 5.92 Å². The topological polar surface area (TPSA) is 61.3 Å². The number of rotatable bonds is 4. The Balaban J connectivity index is 1.89. The van der Waals surface area contributed by atoms with Crippen molar-refractivity contribution in [2.75, 3.05) is 25.0 Å². The second-order valence-electron chi connectivity index (χ2n) is 4.99. The third-order valence-electron chi connectivity index (χ3n) is 3.45. The number of aliphatic hydroxyl groups is 1. The zero-order chi connectivity index (χ0) is 13.0. The molecule has 2 rings (SSSR count). The van der Waals surface area contributed by atoms with Crippen molar-refractivity contribution in [3.05, 3.63) is 18.1 Å². The lowest BCUT2D eigenvalue weighted by Crippen LogP contribution is -2.42. The molecule has 0 bridgehead atoms. The van der Waals surface area contributed by atoms with Gasteiger partial charge in [-0.3, -0.25) is 9.88 Å². The van der Waals surface area contributed by atoms with Crippen LogP contribution in [0.5, 0.6) is 0 Å². The third-order valence-corrected chi connectivity index (χ3v) is 3.45. The van der Waals surface area contributed by atoms with Gasteiger partial charge in [-0.15, -0.1) is 0 Å². The molecule has 0 aromatic carbocycles. The van der Waals surface area contributed by atoms with E-state index in [1.54, 1.807) is 6.20 Å². The van der Waals surface area contributed by atoms with Crippen LogP contribution in [-0.2, 0) is 6.54 Å². The molecule has 2 heterocycles. The smallest absolute Gasteiger partial charge is 0.144 e. The Kier molecular flexibility index (Phi) is 4.49. The normalized spacial score (nSPS) is 25.1. The number of hydrogen-bond acceptors (Lipinski definition) is 5. The van der Waals surface area contributed by atoms with E-state index < -0.39 is 0 Å². The number of nitrogens with zero attached hydrogens (tertiary/aromatic N) is 3. The van der Waals surface area contributed by atoms with Crippen molar-refractivity contribution in [1.82, 2.24) is 14.9 Å². The Bertz CT molecular complexity index is 368.